The quantitative estimate of drug-likeness (QED) is 0.828. The molecule has 1 unspecified atom stereocenters. The maximum atomic E-state index is 11.8. The molecule has 0 fully saturated rings. The lowest BCUT2D eigenvalue weighted by molar-refractivity contribution is 0.0935. The molecule has 0 radical (unpaired) electrons. The van der Waals surface area contributed by atoms with E-state index in [1.807, 2.05) is 13.8 Å². The summed E-state index contributed by atoms with van der Waals surface area (Å²) in [6.07, 6.45) is 0. The number of halogens is 1. The van der Waals surface area contributed by atoms with E-state index in [1.54, 1.807) is 18.6 Å². The summed E-state index contributed by atoms with van der Waals surface area (Å²) in [5.74, 6) is 1.37. The van der Waals surface area contributed by atoms with Crippen LogP contribution in [0.5, 0.6) is 5.75 Å². The van der Waals surface area contributed by atoms with Gasteiger partial charge in [-0.15, -0.1) is 22.9 Å². The minimum atomic E-state index is -0.0901. The first-order valence-corrected chi connectivity index (χ1v) is 6.49. The van der Waals surface area contributed by atoms with Crippen LogP contribution in [-0.2, 0) is 0 Å². The van der Waals surface area contributed by atoms with Crippen LogP contribution in [0.4, 0.5) is 0 Å². The molecule has 1 atom stereocenters. The molecule has 0 aliphatic rings. The van der Waals surface area contributed by atoms with Crippen molar-refractivity contribution in [3.8, 4) is 5.75 Å². The van der Waals surface area contributed by atoms with Crippen LogP contribution in [0.2, 0.25) is 0 Å². The van der Waals surface area contributed by atoms with Crippen LogP contribution in [0, 0.1) is 5.92 Å². The fourth-order valence-corrected chi connectivity index (χ4v) is 2.36. The summed E-state index contributed by atoms with van der Waals surface area (Å²) in [7, 11) is 1.58. The lowest BCUT2D eigenvalue weighted by Crippen LogP contribution is -2.39. The Hall–Kier alpha value is -0.740. The molecular formula is C11H16ClNO2S. The molecule has 0 aliphatic carbocycles. The van der Waals surface area contributed by atoms with Crippen LogP contribution >= 0.6 is 22.9 Å². The van der Waals surface area contributed by atoms with Gasteiger partial charge in [-0.05, 0) is 5.92 Å². The number of nitrogens with one attached hydrogen (secondary N) is 1. The number of alkyl halides is 1. The Kier molecular flexibility index (Phi) is 5.09. The third-order valence-corrected chi connectivity index (χ3v) is 3.56. The highest BCUT2D eigenvalue weighted by Gasteiger charge is 2.17. The summed E-state index contributed by atoms with van der Waals surface area (Å²) in [6.45, 7) is 4.06. The van der Waals surface area contributed by atoms with E-state index < -0.39 is 0 Å². The van der Waals surface area contributed by atoms with Crippen molar-refractivity contribution in [1.29, 1.82) is 0 Å². The summed E-state index contributed by atoms with van der Waals surface area (Å²) in [4.78, 5) is 12.5. The fourth-order valence-electron chi connectivity index (χ4n) is 1.17. The van der Waals surface area contributed by atoms with E-state index in [9.17, 15) is 4.79 Å². The average Bonchev–Trinajstić information content (AvgIpc) is 2.73. The third-order valence-electron chi connectivity index (χ3n) is 2.32. The van der Waals surface area contributed by atoms with Gasteiger partial charge in [0.15, 0.2) is 0 Å². The number of rotatable bonds is 5. The summed E-state index contributed by atoms with van der Waals surface area (Å²) in [5, 5.41) is 4.71. The maximum Gasteiger partial charge on any atom is 0.261 e. The molecule has 1 aromatic rings. The van der Waals surface area contributed by atoms with Crippen molar-refractivity contribution < 1.29 is 9.53 Å². The molecule has 0 saturated heterocycles. The van der Waals surface area contributed by atoms with Gasteiger partial charge < -0.3 is 10.1 Å². The topological polar surface area (TPSA) is 38.3 Å². The van der Waals surface area contributed by atoms with E-state index in [0.717, 1.165) is 0 Å². The number of hydrogen-bond donors (Lipinski definition) is 1. The zero-order chi connectivity index (χ0) is 12.1. The van der Waals surface area contributed by atoms with Gasteiger partial charge in [-0.3, -0.25) is 4.79 Å². The van der Waals surface area contributed by atoms with Gasteiger partial charge in [-0.1, -0.05) is 13.8 Å². The van der Waals surface area contributed by atoms with Crippen molar-refractivity contribution in [1.82, 2.24) is 5.32 Å². The van der Waals surface area contributed by atoms with Crippen molar-refractivity contribution >= 4 is 28.8 Å². The summed E-state index contributed by atoms with van der Waals surface area (Å²) in [5.41, 5.74) is 0. The smallest absolute Gasteiger partial charge is 0.261 e. The highest BCUT2D eigenvalue weighted by molar-refractivity contribution is 7.12. The normalized spacial score (nSPS) is 12.6. The molecule has 0 aliphatic heterocycles. The molecule has 1 heterocycles. The Morgan fingerprint density at radius 2 is 2.31 bits per heavy atom. The van der Waals surface area contributed by atoms with Crippen LogP contribution in [0.25, 0.3) is 0 Å². The van der Waals surface area contributed by atoms with Gasteiger partial charge >= 0.3 is 0 Å². The van der Waals surface area contributed by atoms with Crippen molar-refractivity contribution in [2.45, 2.75) is 19.9 Å². The number of ether oxygens (including phenoxy) is 1. The molecule has 0 spiro atoms. The Balaban J connectivity index is 2.64. The van der Waals surface area contributed by atoms with E-state index in [-0.39, 0.29) is 11.9 Å². The van der Waals surface area contributed by atoms with Gasteiger partial charge in [-0.25, -0.2) is 0 Å². The number of carbonyl (C=O) groups excluding carboxylic acids is 1. The standard InChI is InChI=1S/C11H16ClNO2S/c1-7(2)9(5-12)13-11(14)10-4-8(15-3)6-16-10/h4,6-7,9H,5H2,1-3H3,(H,13,14). The molecule has 1 amide bonds. The molecule has 5 heteroatoms. The predicted octanol–water partition coefficient (Wildman–Crippen LogP) is 2.75. The second kappa shape index (κ2) is 6.11. The Labute approximate surface area is 105 Å². The predicted molar refractivity (Wildman–Crippen MR) is 67.7 cm³/mol. The first-order valence-electron chi connectivity index (χ1n) is 5.07. The minimum Gasteiger partial charge on any atom is -0.496 e. The number of amides is 1. The van der Waals surface area contributed by atoms with Crippen LogP contribution in [0.1, 0.15) is 23.5 Å². The van der Waals surface area contributed by atoms with Gasteiger partial charge in [0.25, 0.3) is 5.91 Å². The summed E-state index contributed by atoms with van der Waals surface area (Å²) >= 11 is 7.16. The first-order chi connectivity index (χ1) is 7.58. The lowest BCUT2D eigenvalue weighted by Gasteiger charge is -2.19. The molecule has 16 heavy (non-hydrogen) atoms. The highest BCUT2D eigenvalue weighted by Crippen LogP contribution is 2.21. The molecule has 0 aromatic carbocycles. The number of methoxy groups -OCH3 is 1. The molecule has 0 saturated carbocycles. The van der Waals surface area contributed by atoms with E-state index >= 15 is 0 Å². The minimum absolute atomic E-state index is 0.00209. The largest absolute Gasteiger partial charge is 0.496 e. The molecule has 1 N–H and O–H groups in total. The lowest BCUT2D eigenvalue weighted by atomic mass is 10.1. The van der Waals surface area contributed by atoms with Crippen LogP contribution < -0.4 is 10.1 Å². The zero-order valence-electron chi connectivity index (χ0n) is 9.62. The second-order valence-electron chi connectivity index (χ2n) is 3.83. The van der Waals surface area contributed by atoms with Crippen molar-refractivity contribution in [3.05, 3.63) is 16.3 Å². The van der Waals surface area contributed by atoms with Gasteiger partial charge in [0.2, 0.25) is 0 Å². The van der Waals surface area contributed by atoms with Crippen LogP contribution in [0.3, 0.4) is 0 Å². The number of hydrogen-bond acceptors (Lipinski definition) is 3. The van der Waals surface area contributed by atoms with Gasteiger partial charge in [0, 0.05) is 23.4 Å². The second-order valence-corrected chi connectivity index (χ2v) is 5.05. The molecule has 1 aromatic heterocycles. The monoisotopic (exact) mass is 261 g/mol. The Bertz CT molecular complexity index is 352. The molecular weight excluding hydrogens is 246 g/mol. The van der Waals surface area contributed by atoms with Gasteiger partial charge in [0.05, 0.1) is 12.0 Å². The van der Waals surface area contributed by atoms with E-state index in [4.69, 9.17) is 16.3 Å². The molecule has 1 rings (SSSR count). The van der Waals surface area contributed by atoms with Gasteiger partial charge in [0.1, 0.15) is 5.75 Å². The Morgan fingerprint density at radius 1 is 1.62 bits per heavy atom. The van der Waals surface area contributed by atoms with Crippen LogP contribution in [0.15, 0.2) is 11.4 Å². The van der Waals surface area contributed by atoms with Crippen molar-refractivity contribution in [2.75, 3.05) is 13.0 Å². The number of thiophene rings is 1. The highest BCUT2D eigenvalue weighted by atomic mass is 35.5. The molecule has 0 bridgehead atoms. The van der Waals surface area contributed by atoms with E-state index in [1.165, 1.54) is 11.3 Å². The zero-order valence-corrected chi connectivity index (χ0v) is 11.2. The van der Waals surface area contributed by atoms with E-state index in [0.29, 0.717) is 22.4 Å². The number of carbonyl (C=O) groups is 1. The fraction of sp³-hybridized carbons (Fsp3) is 0.545. The Morgan fingerprint density at radius 3 is 2.75 bits per heavy atom. The SMILES string of the molecule is COc1csc(C(=O)NC(CCl)C(C)C)c1. The third kappa shape index (κ3) is 3.39. The maximum absolute atomic E-state index is 11.8. The molecule has 90 valence electrons. The first kappa shape index (κ1) is 13.3. The summed E-state index contributed by atoms with van der Waals surface area (Å²) in [6, 6.07) is 1.73. The van der Waals surface area contributed by atoms with Crippen molar-refractivity contribution in [2.24, 2.45) is 5.92 Å². The average molecular weight is 262 g/mol. The van der Waals surface area contributed by atoms with Crippen LogP contribution in [-0.4, -0.2) is 24.9 Å². The van der Waals surface area contributed by atoms with Gasteiger partial charge in [-0.2, -0.15) is 0 Å². The van der Waals surface area contributed by atoms with Crippen molar-refractivity contribution in [3.63, 3.8) is 0 Å². The van der Waals surface area contributed by atoms with E-state index in [2.05, 4.69) is 5.32 Å². The summed E-state index contributed by atoms with van der Waals surface area (Å²) < 4.78 is 5.03. The molecule has 3 nitrogen and oxygen atoms in total.